The van der Waals surface area contributed by atoms with Crippen molar-refractivity contribution < 1.29 is 4.74 Å². The van der Waals surface area contributed by atoms with Crippen molar-refractivity contribution in [3.8, 4) is 5.75 Å². The standard InChI is InChI=1S/C11H14BrNO/c1-11(2)6-13-9-5-8(12)3-4-10(9)14-7-11/h3-5,13H,6-7H2,1-2H3. The Bertz CT molecular complexity index is 349. The smallest absolute Gasteiger partial charge is 0.142 e. The molecule has 2 rings (SSSR count). The topological polar surface area (TPSA) is 21.3 Å². The molecule has 1 aromatic carbocycles. The number of hydrogen-bond donors (Lipinski definition) is 1. The van der Waals surface area contributed by atoms with E-state index in [9.17, 15) is 0 Å². The molecule has 0 bridgehead atoms. The number of benzene rings is 1. The zero-order valence-corrected chi connectivity index (χ0v) is 10.0. The van der Waals surface area contributed by atoms with Gasteiger partial charge in [-0.05, 0) is 18.2 Å². The van der Waals surface area contributed by atoms with Gasteiger partial charge in [0.15, 0.2) is 0 Å². The zero-order valence-electron chi connectivity index (χ0n) is 8.43. The molecule has 0 amide bonds. The van der Waals surface area contributed by atoms with Crippen LogP contribution in [0.2, 0.25) is 0 Å². The molecule has 3 heteroatoms. The van der Waals surface area contributed by atoms with E-state index in [-0.39, 0.29) is 5.41 Å². The second-order valence-electron chi connectivity index (χ2n) is 4.45. The lowest BCUT2D eigenvalue weighted by Gasteiger charge is -2.20. The van der Waals surface area contributed by atoms with Crippen LogP contribution in [-0.4, -0.2) is 13.2 Å². The lowest BCUT2D eigenvalue weighted by atomic mass is 9.95. The Balaban J connectivity index is 2.30. The predicted octanol–water partition coefficient (Wildman–Crippen LogP) is 3.28. The quantitative estimate of drug-likeness (QED) is 0.769. The molecule has 0 atom stereocenters. The molecule has 76 valence electrons. The number of anilines is 1. The maximum absolute atomic E-state index is 5.74. The van der Waals surface area contributed by atoms with Crippen LogP contribution in [-0.2, 0) is 0 Å². The van der Waals surface area contributed by atoms with Crippen molar-refractivity contribution in [1.82, 2.24) is 0 Å². The molecule has 0 unspecified atom stereocenters. The van der Waals surface area contributed by atoms with E-state index in [4.69, 9.17) is 4.74 Å². The highest BCUT2D eigenvalue weighted by Gasteiger charge is 2.23. The maximum atomic E-state index is 5.74. The maximum Gasteiger partial charge on any atom is 0.142 e. The fourth-order valence-corrected chi connectivity index (χ4v) is 1.79. The second-order valence-corrected chi connectivity index (χ2v) is 5.36. The van der Waals surface area contributed by atoms with Crippen molar-refractivity contribution in [3.63, 3.8) is 0 Å². The molecule has 1 aromatic rings. The number of hydrogen-bond acceptors (Lipinski definition) is 2. The minimum absolute atomic E-state index is 0.186. The summed E-state index contributed by atoms with van der Waals surface area (Å²) in [6, 6.07) is 6.05. The van der Waals surface area contributed by atoms with Crippen molar-refractivity contribution in [1.29, 1.82) is 0 Å². The minimum Gasteiger partial charge on any atom is -0.491 e. The highest BCUT2D eigenvalue weighted by Crippen LogP contribution is 2.33. The van der Waals surface area contributed by atoms with Gasteiger partial charge in [0.25, 0.3) is 0 Å². The van der Waals surface area contributed by atoms with E-state index < -0.39 is 0 Å². The molecule has 0 fully saturated rings. The number of ether oxygens (including phenoxy) is 1. The van der Waals surface area contributed by atoms with Crippen LogP contribution < -0.4 is 10.1 Å². The molecule has 0 radical (unpaired) electrons. The predicted molar refractivity (Wildman–Crippen MR) is 61.9 cm³/mol. The lowest BCUT2D eigenvalue weighted by Crippen LogP contribution is -2.27. The monoisotopic (exact) mass is 255 g/mol. The molecule has 1 heterocycles. The van der Waals surface area contributed by atoms with E-state index >= 15 is 0 Å². The van der Waals surface area contributed by atoms with Crippen molar-refractivity contribution in [2.24, 2.45) is 5.41 Å². The van der Waals surface area contributed by atoms with Crippen molar-refractivity contribution in [2.45, 2.75) is 13.8 Å². The highest BCUT2D eigenvalue weighted by molar-refractivity contribution is 9.10. The molecule has 14 heavy (non-hydrogen) atoms. The number of rotatable bonds is 0. The Kier molecular flexibility index (Phi) is 2.43. The van der Waals surface area contributed by atoms with Crippen LogP contribution in [0.5, 0.6) is 5.75 Å². The third-order valence-electron chi connectivity index (χ3n) is 2.32. The first kappa shape index (κ1) is 9.84. The van der Waals surface area contributed by atoms with Gasteiger partial charge in [-0.15, -0.1) is 0 Å². The Hall–Kier alpha value is -0.700. The summed E-state index contributed by atoms with van der Waals surface area (Å²) in [5, 5.41) is 3.40. The molecular formula is C11H14BrNO. The first-order chi connectivity index (χ1) is 6.57. The normalized spacial score (nSPS) is 18.8. The Morgan fingerprint density at radius 1 is 1.43 bits per heavy atom. The van der Waals surface area contributed by atoms with Gasteiger partial charge in [0, 0.05) is 16.4 Å². The van der Waals surface area contributed by atoms with Gasteiger partial charge in [-0.3, -0.25) is 0 Å². The van der Waals surface area contributed by atoms with Gasteiger partial charge >= 0.3 is 0 Å². The molecule has 0 aliphatic carbocycles. The van der Waals surface area contributed by atoms with Gasteiger partial charge in [-0.2, -0.15) is 0 Å². The molecule has 1 aliphatic heterocycles. The Morgan fingerprint density at radius 3 is 3.00 bits per heavy atom. The third-order valence-corrected chi connectivity index (χ3v) is 2.81. The van der Waals surface area contributed by atoms with E-state index in [1.165, 1.54) is 0 Å². The van der Waals surface area contributed by atoms with Crippen molar-refractivity contribution in [2.75, 3.05) is 18.5 Å². The summed E-state index contributed by atoms with van der Waals surface area (Å²) in [7, 11) is 0. The fraction of sp³-hybridized carbons (Fsp3) is 0.455. The van der Waals surface area contributed by atoms with Gasteiger partial charge in [-0.1, -0.05) is 29.8 Å². The lowest BCUT2D eigenvalue weighted by molar-refractivity contribution is 0.200. The van der Waals surface area contributed by atoms with Crippen LogP contribution in [0.15, 0.2) is 22.7 Å². The summed E-state index contributed by atoms with van der Waals surface area (Å²) in [5.41, 5.74) is 1.26. The SMILES string of the molecule is CC1(C)CNc2cc(Br)ccc2OC1. The molecule has 0 saturated heterocycles. The summed E-state index contributed by atoms with van der Waals surface area (Å²) >= 11 is 3.45. The van der Waals surface area contributed by atoms with E-state index in [0.29, 0.717) is 0 Å². The van der Waals surface area contributed by atoms with Crippen LogP contribution in [0.4, 0.5) is 5.69 Å². The zero-order chi connectivity index (χ0) is 10.2. The van der Waals surface area contributed by atoms with Gasteiger partial charge < -0.3 is 10.1 Å². The summed E-state index contributed by atoms with van der Waals surface area (Å²) in [5.74, 6) is 0.943. The van der Waals surface area contributed by atoms with E-state index in [1.807, 2.05) is 12.1 Å². The van der Waals surface area contributed by atoms with Crippen LogP contribution >= 0.6 is 15.9 Å². The summed E-state index contributed by atoms with van der Waals surface area (Å²) in [6.07, 6.45) is 0. The first-order valence-corrected chi connectivity index (χ1v) is 5.52. The minimum atomic E-state index is 0.186. The van der Waals surface area contributed by atoms with Crippen LogP contribution in [0.25, 0.3) is 0 Å². The van der Waals surface area contributed by atoms with Crippen molar-refractivity contribution in [3.05, 3.63) is 22.7 Å². The average molecular weight is 256 g/mol. The molecule has 0 saturated carbocycles. The van der Waals surface area contributed by atoms with E-state index in [2.05, 4.69) is 41.2 Å². The number of fused-ring (bicyclic) bond motifs is 1. The molecule has 1 aliphatic rings. The molecular weight excluding hydrogens is 242 g/mol. The van der Waals surface area contributed by atoms with Crippen LogP contribution in [0, 0.1) is 5.41 Å². The highest BCUT2D eigenvalue weighted by atomic mass is 79.9. The molecule has 1 N–H and O–H groups in total. The summed E-state index contributed by atoms with van der Waals surface area (Å²) in [4.78, 5) is 0. The largest absolute Gasteiger partial charge is 0.491 e. The summed E-state index contributed by atoms with van der Waals surface area (Å²) < 4.78 is 6.81. The third kappa shape index (κ3) is 2.03. The van der Waals surface area contributed by atoms with Crippen LogP contribution in [0.1, 0.15) is 13.8 Å². The average Bonchev–Trinajstić information content (AvgIpc) is 2.26. The van der Waals surface area contributed by atoms with Gasteiger partial charge in [-0.25, -0.2) is 0 Å². The fourth-order valence-electron chi connectivity index (χ4n) is 1.42. The second kappa shape index (κ2) is 3.46. The molecule has 2 nitrogen and oxygen atoms in total. The van der Waals surface area contributed by atoms with Crippen LogP contribution in [0.3, 0.4) is 0 Å². The first-order valence-electron chi connectivity index (χ1n) is 4.73. The van der Waals surface area contributed by atoms with Gasteiger partial charge in [0.1, 0.15) is 5.75 Å². The molecule has 0 spiro atoms. The van der Waals surface area contributed by atoms with E-state index in [0.717, 1.165) is 29.1 Å². The Labute approximate surface area is 92.8 Å². The number of halogens is 1. The molecule has 0 aromatic heterocycles. The van der Waals surface area contributed by atoms with Gasteiger partial charge in [0.05, 0.1) is 12.3 Å². The number of nitrogens with one attached hydrogen (secondary N) is 1. The van der Waals surface area contributed by atoms with Crippen molar-refractivity contribution >= 4 is 21.6 Å². The van der Waals surface area contributed by atoms with E-state index in [1.54, 1.807) is 0 Å². The Morgan fingerprint density at radius 2 is 2.21 bits per heavy atom. The summed E-state index contributed by atoms with van der Waals surface area (Å²) in [6.45, 7) is 6.09. The van der Waals surface area contributed by atoms with Gasteiger partial charge in [0.2, 0.25) is 0 Å².